The van der Waals surface area contributed by atoms with Gasteiger partial charge in [-0.1, -0.05) is 41.2 Å². The van der Waals surface area contributed by atoms with E-state index in [-0.39, 0.29) is 9.19 Å². The van der Waals surface area contributed by atoms with Crippen molar-refractivity contribution in [3.8, 4) is 0 Å². The van der Waals surface area contributed by atoms with E-state index in [0.29, 0.717) is 0 Å². The first-order chi connectivity index (χ1) is 6.93. The van der Waals surface area contributed by atoms with Crippen LogP contribution >= 0.6 is 23.5 Å². The monoisotopic (exact) mass is 244 g/mol. The van der Waals surface area contributed by atoms with Crippen LogP contribution in [0.5, 0.6) is 0 Å². The topological polar surface area (TPSA) is 17.1 Å². The Labute approximate surface area is 102 Å². The molecule has 0 fully saturated rings. The Hall–Kier alpha value is -0.150. The van der Waals surface area contributed by atoms with E-state index in [9.17, 15) is 4.79 Å². The molecule has 3 heteroatoms. The fourth-order valence-electron chi connectivity index (χ4n) is 1.07. The minimum atomic E-state index is -0.133. The van der Waals surface area contributed by atoms with Gasteiger partial charge in [0.05, 0.1) is 0 Å². The zero-order valence-corrected chi connectivity index (χ0v) is 11.6. The van der Waals surface area contributed by atoms with Crippen LogP contribution < -0.4 is 0 Å². The predicted molar refractivity (Wildman–Crippen MR) is 73.8 cm³/mol. The average Bonchev–Trinajstić information content (AvgIpc) is 2.17. The third-order valence-electron chi connectivity index (χ3n) is 2.11. The molecule has 0 N–H and O–H groups in total. The third-order valence-corrected chi connectivity index (χ3v) is 4.20. The van der Waals surface area contributed by atoms with Crippen molar-refractivity contribution in [3.05, 3.63) is 24.3 Å². The van der Waals surface area contributed by atoms with Crippen LogP contribution in [-0.4, -0.2) is 15.5 Å². The van der Waals surface area contributed by atoms with Crippen LogP contribution in [0.15, 0.2) is 24.3 Å². The molecule has 1 atom stereocenters. The van der Waals surface area contributed by atoms with Crippen LogP contribution in [0.25, 0.3) is 0 Å². The molecule has 0 aliphatic heterocycles. The molecular formula is C12H20OS2. The Morgan fingerprint density at radius 2 is 2.07 bits per heavy atom. The van der Waals surface area contributed by atoms with Crippen molar-refractivity contribution < 1.29 is 4.79 Å². The molecule has 0 aromatic carbocycles. The zero-order valence-electron chi connectivity index (χ0n) is 10.0. The van der Waals surface area contributed by atoms with Gasteiger partial charge in [0, 0.05) is 4.75 Å². The van der Waals surface area contributed by atoms with E-state index >= 15 is 0 Å². The highest BCUT2D eigenvalue weighted by Gasteiger charge is 2.23. The summed E-state index contributed by atoms with van der Waals surface area (Å²) in [7, 11) is 0. The summed E-state index contributed by atoms with van der Waals surface area (Å²) in [6.45, 7) is 10.1. The number of carbonyl (C=O) groups is 1. The number of thioether (sulfide) groups is 2. The Balaban J connectivity index is 4.25. The van der Waals surface area contributed by atoms with E-state index in [1.54, 1.807) is 0 Å². The maximum Gasteiger partial charge on any atom is 0.246 e. The van der Waals surface area contributed by atoms with Gasteiger partial charge in [0.15, 0.2) is 0 Å². The van der Waals surface area contributed by atoms with Crippen LogP contribution in [0.3, 0.4) is 0 Å². The summed E-state index contributed by atoms with van der Waals surface area (Å²) < 4.78 is 0.0288. The molecule has 86 valence electrons. The van der Waals surface area contributed by atoms with E-state index in [2.05, 4.69) is 33.4 Å². The first-order valence-corrected chi connectivity index (χ1v) is 7.01. The molecule has 0 radical (unpaired) electrons. The maximum absolute atomic E-state index is 11.3. The van der Waals surface area contributed by atoms with Crippen molar-refractivity contribution in [1.29, 1.82) is 0 Å². The number of rotatable bonds is 5. The van der Waals surface area contributed by atoms with Crippen LogP contribution in [0.4, 0.5) is 4.79 Å². The smallest absolute Gasteiger partial charge is 0.246 e. The minimum Gasteiger partial charge on any atom is -0.274 e. The molecule has 0 aliphatic rings. The number of hydrogen-bond acceptors (Lipinski definition) is 3. The van der Waals surface area contributed by atoms with Gasteiger partial charge in [-0.15, -0.1) is 6.58 Å². The molecule has 0 amide bonds. The predicted octanol–water partition coefficient (Wildman–Crippen LogP) is 4.89. The zero-order chi connectivity index (χ0) is 11.9. The quantitative estimate of drug-likeness (QED) is 0.641. The highest BCUT2D eigenvalue weighted by molar-refractivity contribution is 8.38. The number of allylic oxidation sites excluding steroid dienone is 2. The van der Waals surface area contributed by atoms with Crippen LogP contribution in [0, 0.1) is 0 Å². The van der Waals surface area contributed by atoms with Crippen molar-refractivity contribution in [1.82, 2.24) is 0 Å². The Bertz CT molecular complexity index is 254. The van der Waals surface area contributed by atoms with Gasteiger partial charge in [0.25, 0.3) is 0 Å². The van der Waals surface area contributed by atoms with E-state index in [1.165, 1.54) is 29.1 Å². The maximum atomic E-state index is 11.3. The molecule has 0 saturated heterocycles. The lowest BCUT2D eigenvalue weighted by Crippen LogP contribution is -2.17. The molecule has 15 heavy (non-hydrogen) atoms. The van der Waals surface area contributed by atoms with Gasteiger partial charge in [-0.3, -0.25) is 4.79 Å². The summed E-state index contributed by atoms with van der Waals surface area (Å²) >= 11 is 2.64. The minimum absolute atomic E-state index is 0.133. The normalized spacial score (nSPS) is 14.1. The Morgan fingerprint density at radius 1 is 1.47 bits per heavy atom. The molecule has 0 bridgehead atoms. The highest BCUT2D eigenvalue weighted by Crippen LogP contribution is 2.35. The van der Waals surface area contributed by atoms with Crippen LogP contribution in [0.2, 0.25) is 0 Å². The fraction of sp³-hybridized carbons (Fsp3) is 0.583. The van der Waals surface area contributed by atoms with Gasteiger partial charge in [0.1, 0.15) is 0 Å². The standard InChI is InChI=1S/C12H20OS2/c1-6-12(4,15-11(13)14-5)9-7-8-10(2)3/h6,8H,1,7,9H2,2-5H3. The van der Waals surface area contributed by atoms with Crippen molar-refractivity contribution >= 4 is 28.0 Å². The molecule has 0 aliphatic carbocycles. The van der Waals surface area contributed by atoms with Gasteiger partial charge in [0.2, 0.25) is 4.45 Å². The summed E-state index contributed by atoms with van der Waals surface area (Å²) in [5.41, 5.74) is 1.32. The second kappa shape index (κ2) is 7.18. The first kappa shape index (κ1) is 14.8. The highest BCUT2D eigenvalue weighted by atomic mass is 32.2. The van der Waals surface area contributed by atoms with Crippen LogP contribution in [0.1, 0.15) is 33.6 Å². The molecule has 0 saturated carbocycles. The summed E-state index contributed by atoms with van der Waals surface area (Å²) in [6, 6.07) is 0. The molecule has 1 unspecified atom stereocenters. The van der Waals surface area contributed by atoms with E-state index in [1.807, 2.05) is 12.3 Å². The number of carbonyl (C=O) groups excluding carboxylic acids is 1. The van der Waals surface area contributed by atoms with E-state index in [4.69, 9.17) is 0 Å². The second-order valence-electron chi connectivity index (χ2n) is 3.89. The van der Waals surface area contributed by atoms with Crippen molar-refractivity contribution in [2.45, 2.75) is 38.4 Å². The SMILES string of the molecule is C=CC(C)(CCC=C(C)C)SC(=O)SC. The Kier molecular flexibility index (Phi) is 7.11. The fourth-order valence-corrected chi connectivity index (χ4v) is 2.66. The molecule has 1 nitrogen and oxygen atoms in total. The third kappa shape index (κ3) is 6.85. The molecule has 0 rings (SSSR count). The van der Waals surface area contributed by atoms with Crippen LogP contribution in [-0.2, 0) is 0 Å². The molecule has 0 aromatic rings. The largest absolute Gasteiger partial charge is 0.274 e. The Morgan fingerprint density at radius 3 is 2.47 bits per heavy atom. The summed E-state index contributed by atoms with van der Waals surface area (Å²) in [5.74, 6) is 0. The van der Waals surface area contributed by atoms with E-state index < -0.39 is 0 Å². The van der Waals surface area contributed by atoms with Crippen molar-refractivity contribution in [2.24, 2.45) is 0 Å². The number of hydrogen-bond donors (Lipinski definition) is 0. The first-order valence-electron chi connectivity index (χ1n) is 4.97. The van der Waals surface area contributed by atoms with Gasteiger partial charge >= 0.3 is 0 Å². The molecule has 0 heterocycles. The summed E-state index contributed by atoms with van der Waals surface area (Å²) in [5, 5.41) is 0. The van der Waals surface area contributed by atoms with Gasteiger partial charge in [-0.2, -0.15) is 0 Å². The molecular weight excluding hydrogens is 224 g/mol. The summed E-state index contributed by atoms with van der Waals surface area (Å²) in [6.07, 6.45) is 7.85. The molecule has 0 spiro atoms. The molecule has 0 aromatic heterocycles. The lowest BCUT2D eigenvalue weighted by atomic mass is 10.0. The average molecular weight is 244 g/mol. The lowest BCUT2D eigenvalue weighted by molar-refractivity contribution is 0.276. The van der Waals surface area contributed by atoms with Crippen molar-refractivity contribution in [2.75, 3.05) is 6.26 Å². The lowest BCUT2D eigenvalue weighted by Gasteiger charge is -2.22. The summed E-state index contributed by atoms with van der Waals surface area (Å²) in [4.78, 5) is 11.3. The van der Waals surface area contributed by atoms with E-state index in [0.717, 1.165) is 12.8 Å². The van der Waals surface area contributed by atoms with Gasteiger partial charge < -0.3 is 0 Å². The second-order valence-corrected chi connectivity index (χ2v) is 6.44. The van der Waals surface area contributed by atoms with Gasteiger partial charge in [-0.05, 0) is 39.9 Å². The van der Waals surface area contributed by atoms with Crippen molar-refractivity contribution in [3.63, 3.8) is 0 Å². The van der Waals surface area contributed by atoms with Gasteiger partial charge in [-0.25, -0.2) is 0 Å².